The van der Waals surface area contributed by atoms with E-state index in [0.717, 1.165) is 22.4 Å². The minimum absolute atomic E-state index is 0.215. The number of benzene rings is 2. The lowest BCUT2D eigenvalue weighted by atomic mass is 10.0. The van der Waals surface area contributed by atoms with Crippen molar-refractivity contribution in [2.45, 2.75) is 13.5 Å². The van der Waals surface area contributed by atoms with Crippen LogP contribution in [0.5, 0.6) is 5.75 Å². The Hall–Kier alpha value is -3.02. The van der Waals surface area contributed by atoms with Crippen molar-refractivity contribution in [3.8, 4) is 5.75 Å². The van der Waals surface area contributed by atoms with Gasteiger partial charge >= 0.3 is 0 Å². The van der Waals surface area contributed by atoms with Gasteiger partial charge in [0.05, 0.1) is 7.11 Å². The number of aryl methyl sites for hydroxylation is 1. The number of methoxy groups -OCH3 is 1. The fourth-order valence-electron chi connectivity index (χ4n) is 2.31. The first-order valence-corrected chi connectivity index (χ1v) is 7.74. The van der Waals surface area contributed by atoms with Gasteiger partial charge < -0.3 is 19.1 Å². The number of rotatable bonds is 7. The van der Waals surface area contributed by atoms with Gasteiger partial charge in [0.1, 0.15) is 26.6 Å². The van der Waals surface area contributed by atoms with Crippen LogP contribution in [0.2, 0.25) is 0 Å². The van der Waals surface area contributed by atoms with Gasteiger partial charge in [-0.25, -0.2) is 0 Å². The van der Waals surface area contributed by atoms with Gasteiger partial charge in [0, 0.05) is 5.56 Å². The zero-order valence-corrected chi connectivity index (χ0v) is 14.9. The van der Waals surface area contributed by atoms with Crippen LogP contribution in [0.3, 0.4) is 0 Å². The lowest BCUT2D eigenvalue weighted by Crippen LogP contribution is -2.20. The second kappa shape index (κ2) is 9.32. The topological polar surface area (TPSA) is 61.6 Å². The molecule has 0 aromatic heterocycles. The van der Waals surface area contributed by atoms with E-state index in [1.54, 1.807) is 0 Å². The molecule has 132 valence electrons. The summed E-state index contributed by atoms with van der Waals surface area (Å²) in [5, 5.41) is 7.90. The predicted octanol–water partition coefficient (Wildman–Crippen LogP) is 3.53. The second-order valence-corrected chi connectivity index (χ2v) is 5.12. The molecule has 2 aromatic carbocycles. The molecular weight excluding hydrogens is 320 g/mol. The molecule has 0 N–H and O–H groups in total. The highest BCUT2D eigenvalue weighted by Gasteiger charge is 2.18. The first kappa shape index (κ1) is 18.3. The summed E-state index contributed by atoms with van der Waals surface area (Å²) in [6.45, 7) is 2.38. The summed E-state index contributed by atoms with van der Waals surface area (Å²) < 4.78 is 11.2. The molecule has 0 saturated carbocycles. The molecule has 0 aliphatic heterocycles. The van der Waals surface area contributed by atoms with Crippen LogP contribution in [0.25, 0.3) is 0 Å². The molecule has 25 heavy (non-hydrogen) atoms. The van der Waals surface area contributed by atoms with Crippen LogP contribution < -0.4 is 4.74 Å². The van der Waals surface area contributed by atoms with Gasteiger partial charge in [-0.2, -0.15) is 0 Å². The maximum absolute atomic E-state index is 5.96. The molecule has 0 atom stereocenters. The summed E-state index contributed by atoms with van der Waals surface area (Å²) in [5.74, 6) is 1.05. The van der Waals surface area contributed by atoms with Crippen LogP contribution in [-0.4, -0.2) is 32.9 Å². The third-order valence-electron chi connectivity index (χ3n) is 3.50. The van der Waals surface area contributed by atoms with Gasteiger partial charge in [-0.15, -0.1) is 0 Å². The summed E-state index contributed by atoms with van der Waals surface area (Å²) in [5.41, 5.74) is 3.21. The Bertz CT molecular complexity index is 757. The highest BCUT2D eigenvalue weighted by atomic mass is 16.6. The smallest absolute Gasteiger partial charge is 0.280 e. The predicted molar refractivity (Wildman–Crippen MR) is 97.0 cm³/mol. The fraction of sp³-hybridized carbons (Fsp3) is 0.263. The molecule has 0 aliphatic rings. The first-order chi connectivity index (χ1) is 12.2. The Morgan fingerprint density at radius 1 is 0.880 bits per heavy atom. The van der Waals surface area contributed by atoms with E-state index < -0.39 is 0 Å². The normalized spacial score (nSPS) is 11.8. The average molecular weight is 342 g/mol. The maximum Gasteiger partial charge on any atom is 0.280 e. The number of oxime groups is 2. The molecule has 0 aliphatic carbocycles. The largest absolute Gasteiger partial charge is 0.489 e. The van der Waals surface area contributed by atoms with E-state index >= 15 is 0 Å². The van der Waals surface area contributed by atoms with E-state index in [1.807, 2.05) is 55.5 Å². The highest BCUT2D eigenvalue weighted by molar-refractivity contribution is 6.45. The number of hydrogen-bond acceptors (Lipinski definition) is 6. The molecule has 6 heteroatoms. The van der Waals surface area contributed by atoms with Crippen LogP contribution in [0.15, 0.2) is 58.8 Å². The summed E-state index contributed by atoms with van der Waals surface area (Å²) in [6, 6.07) is 15.6. The summed E-state index contributed by atoms with van der Waals surface area (Å²) in [6.07, 6.45) is 0. The molecule has 0 heterocycles. The molecular formula is C19H22N2O4. The van der Waals surface area contributed by atoms with Crippen molar-refractivity contribution in [3.05, 3.63) is 65.2 Å². The van der Waals surface area contributed by atoms with E-state index in [9.17, 15) is 0 Å². The van der Waals surface area contributed by atoms with Crippen molar-refractivity contribution >= 4 is 11.6 Å². The molecule has 0 fully saturated rings. The Morgan fingerprint density at radius 2 is 1.56 bits per heavy atom. The highest BCUT2D eigenvalue weighted by Crippen LogP contribution is 2.20. The van der Waals surface area contributed by atoms with Gasteiger partial charge in [-0.3, -0.25) is 0 Å². The van der Waals surface area contributed by atoms with Crippen molar-refractivity contribution in [2.75, 3.05) is 21.3 Å². The van der Waals surface area contributed by atoms with Crippen LogP contribution in [0.1, 0.15) is 16.7 Å². The number of para-hydroxylation sites is 1. The van der Waals surface area contributed by atoms with Crippen LogP contribution in [0.4, 0.5) is 0 Å². The van der Waals surface area contributed by atoms with Gasteiger partial charge in [0.25, 0.3) is 5.90 Å². The number of hydrogen-bond donors (Lipinski definition) is 0. The minimum Gasteiger partial charge on any atom is -0.489 e. The Kier molecular flexibility index (Phi) is 6.83. The standard InChI is InChI=1S/C19H22N2O4/c1-14-9-5-8-12-17(14)25-13-15-10-6-7-11-16(15)18(20-23-3)19(22-2)21-24-4/h5-12H,13H2,1-4H3/b20-18-,21-19-. The first-order valence-electron chi connectivity index (χ1n) is 7.74. The molecule has 0 unspecified atom stereocenters. The quantitative estimate of drug-likeness (QED) is 0.439. The van der Waals surface area contributed by atoms with Crippen LogP contribution in [-0.2, 0) is 21.0 Å². The Labute approximate surface area is 147 Å². The molecule has 0 spiro atoms. The van der Waals surface area contributed by atoms with Crippen LogP contribution in [0, 0.1) is 6.92 Å². The summed E-state index contributed by atoms with van der Waals surface area (Å²) in [4.78, 5) is 9.78. The average Bonchev–Trinajstić information content (AvgIpc) is 2.64. The molecule has 2 rings (SSSR count). The number of ether oxygens (including phenoxy) is 2. The Morgan fingerprint density at radius 3 is 2.24 bits per heavy atom. The van der Waals surface area contributed by atoms with Gasteiger partial charge in [0.15, 0.2) is 5.71 Å². The lowest BCUT2D eigenvalue weighted by molar-refractivity contribution is 0.198. The van der Waals surface area contributed by atoms with E-state index in [-0.39, 0.29) is 5.90 Å². The minimum atomic E-state index is 0.215. The third kappa shape index (κ3) is 4.73. The maximum atomic E-state index is 5.96. The van der Waals surface area contributed by atoms with Crippen LogP contribution >= 0.6 is 0 Å². The number of nitrogens with zero attached hydrogens (tertiary/aromatic N) is 2. The Balaban J connectivity index is 2.34. The molecule has 0 bridgehead atoms. The van der Waals surface area contributed by atoms with Crippen molar-refractivity contribution in [2.24, 2.45) is 10.3 Å². The van der Waals surface area contributed by atoms with Crippen molar-refractivity contribution in [1.82, 2.24) is 0 Å². The molecule has 6 nitrogen and oxygen atoms in total. The molecule has 0 radical (unpaired) electrons. The van der Waals surface area contributed by atoms with E-state index in [4.69, 9.17) is 19.1 Å². The fourth-order valence-corrected chi connectivity index (χ4v) is 2.31. The zero-order valence-electron chi connectivity index (χ0n) is 14.9. The van der Waals surface area contributed by atoms with Gasteiger partial charge in [-0.05, 0) is 29.3 Å². The molecule has 0 saturated heterocycles. The second-order valence-electron chi connectivity index (χ2n) is 5.12. The van der Waals surface area contributed by atoms with E-state index in [2.05, 4.69) is 10.3 Å². The monoisotopic (exact) mass is 342 g/mol. The van der Waals surface area contributed by atoms with Gasteiger partial charge in [-0.1, -0.05) is 47.6 Å². The van der Waals surface area contributed by atoms with Crippen molar-refractivity contribution in [1.29, 1.82) is 0 Å². The van der Waals surface area contributed by atoms with E-state index in [0.29, 0.717) is 12.3 Å². The van der Waals surface area contributed by atoms with Crippen molar-refractivity contribution in [3.63, 3.8) is 0 Å². The lowest BCUT2D eigenvalue weighted by Gasteiger charge is -2.14. The SMILES string of the molecule is CO/N=C(OC)/C(=N\OC)c1ccccc1COc1ccccc1C. The van der Waals surface area contributed by atoms with Crippen molar-refractivity contribution < 1.29 is 19.1 Å². The van der Waals surface area contributed by atoms with E-state index in [1.165, 1.54) is 21.3 Å². The zero-order chi connectivity index (χ0) is 18.1. The summed E-state index contributed by atoms with van der Waals surface area (Å²) >= 11 is 0. The van der Waals surface area contributed by atoms with Gasteiger partial charge in [0.2, 0.25) is 0 Å². The molecule has 2 aromatic rings. The third-order valence-corrected chi connectivity index (χ3v) is 3.50. The molecule has 0 amide bonds. The summed E-state index contributed by atoms with van der Waals surface area (Å²) in [7, 11) is 4.40.